The molecular formula is C21H32O4. The smallest absolute Gasteiger partial charge is 0.133 e. The molecular weight excluding hydrogens is 316 g/mol. The lowest BCUT2D eigenvalue weighted by atomic mass is 9.46. The summed E-state index contributed by atoms with van der Waals surface area (Å²) < 4.78 is 0. The van der Waals surface area contributed by atoms with Crippen LogP contribution in [0.15, 0.2) is 11.6 Å². The van der Waals surface area contributed by atoms with Crippen LogP contribution in [-0.2, 0) is 4.79 Å². The SMILES string of the molecule is CC(=O)[C@H]1CC[C@H]2C3=C[C@H](O)[C@H]4C[C@H](O)CC[C@]4(C)[C@H]3[C@H](O)C[C@]12C. The van der Waals surface area contributed by atoms with Crippen LogP contribution in [-0.4, -0.2) is 39.4 Å². The number of carbonyl (C=O) groups is 1. The third-order valence-corrected chi connectivity index (χ3v) is 8.50. The second-order valence-electron chi connectivity index (χ2n) is 9.75. The Bertz CT molecular complexity index is 613. The van der Waals surface area contributed by atoms with E-state index in [1.54, 1.807) is 6.92 Å². The summed E-state index contributed by atoms with van der Waals surface area (Å²) in [5.41, 5.74) is 0.843. The highest BCUT2D eigenvalue weighted by Gasteiger charge is 2.62. The molecule has 9 atom stereocenters. The van der Waals surface area contributed by atoms with Gasteiger partial charge in [-0.3, -0.25) is 4.79 Å². The third kappa shape index (κ3) is 2.33. The van der Waals surface area contributed by atoms with Gasteiger partial charge in [0.2, 0.25) is 0 Å². The maximum Gasteiger partial charge on any atom is 0.133 e. The molecule has 0 heterocycles. The Morgan fingerprint density at radius 3 is 2.52 bits per heavy atom. The number of rotatable bonds is 1. The van der Waals surface area contributed by atoms with Gasteiger partial charge >= 0.3 is 0 Å². The first-order valence-corrected chi connectivity index (χ1v) is 9.94. The van der Waals surface area contributed by atoms with E-state index in [1.807, 2.05) is 6.08 Å². The lowest BCUT2D eigenvalue weighted by molar-refractivity contribution is -0.134. The predicted molar refractivity (Wildman–Crippen MR) is 94.7 cm³/mol. The molecule has 0 unspecified atom stereocenters. The summed E-state index contributed by atoms with van der Waals surface area (Å²) in [7, 11) is 0. The number of ketones is 1. The van der Waals surface area contributed by atoms with Crippen molar-refractivity contribution in [2.24, 2.45) is 34.5 Å². The number of hydrogen-bond acceptors (Lipinski definition) is 4. The second-order valence-corrected chi connectivity index (χ2v) is 9.75. The van der Waals surface area contributed by atoms with Gasteiger partial charge < -0.3 is 15.3 Å². The Labute approximate surface area is 150 Å². The van der Waals surface area contributed by atoms with Gasteiger partial charge in [-0.2, -0.15) is 0 Å². The first kappa shape index (κ1) is 17.7. The summed E-state index contributed by atoms with van der Waals surface area (Å²) in [5.74, 6) is 0.600. The molecule has 140 valence electrons. The van der Waals surface area contributed by atoms with Gasteiger partial charge in [0.05, 0.1) is 18.3 Å². The minimum atomic E-state index is -0.558. The monoisotopic (exact) mass is 348 g/mol. The maximum absolute atomic E-state index is 12.2. The molecule has 0 aromatic carbocycles. The minimum absolute atomic E-state index is 0.00835. The van der Waals surface area contributed by atoms with Crippen molar-refractivity contribution < 1.29 is 20.1 Å². The zero-order valence-corrected chi connectivity index (χ0v) is 15.6. The molecule has 25 heavy (non-hydrogen) atoms. The molecule has 0 amide bonds. The average Bonchev–Trinajstić information content (AvgIpc) is 2.85. The van der Waals surface area contributed by atoms with E-state index in [0.717, 1.165) is 25.7 Å². The van der Waals surface area contributed by atoms with Gasteiger partial charge in [-0.05, 0) is 68.1 Å². The molecule has 4 rings (SSSR count). The lowest BCUT2D eigenvalue weighted by Gasteiger charge is -2.59. The molecule has 0 aromatic heterocycles. The van der Waals surface area contributed by atoms with Crippen LogP contribution >= 0.6 is 0 Å². The zero-order valence-electron chi connectivity index (χ0n) is 15.6. The topological polar surface area (TPSA) is 77.8 Å². The molecule has 4 nitrogen and oxygen atoms in total. The van der Waals surface area contributed by atoms with Crippen LogP contribution < -0.4 is 0 Å². The van der Waals surface area contributed by atoms with Crippen LogP contribution in [0, 0.1) is 34.5 Å². The lowest BCUT2D eigenvalue weighted by Crippen LogP contribution is -2.58. The second kappa shape index (κ2) is 5.64. The molecule has 0 aromatic rings. The number of aliphatic hydroxyl groups excluding tert-OH is 3. The standard InChI is InChI=1S/C21H32O4/c1-11(22)14-4-5-15-13-9-17(24)16-8-12(23)6-7-20(16,2)19(13)18(25)10-21(14,15)3/h9,12,14-19,23-25H,4-8,10H2,1-3H3/t12-,14-,15+,16-,17+,18-,19-,20+,21-/m1/s1. The van der Waals surface area contributed by atoms with Crippen molar-refractivity contribution >= 4 is 5.78 Å². The van der Waals surface area contributed by atoms with Crippen molar-refractivity contribution in [1.82, 2.24) is 0 Å². The van der Waals surface area contributed by atoms with Crippen molar-refractivity contribution in [2.45, 2.75) is 77.6 Å². The van der Waals surface area contributed by atoms with Crippen molar-refractivity contribution in [3.8, 4) is 0 Å². The van der Waals surface area contributed by atoms with Crippen LogP contribution in [0.3, 0.4) is 0 Å². The molecule has 3 N–H and O–H groups in total. The summed E-state index contributed by atoms with van der Waals surface area (Å²) in [4.78, 5) is 12.2. The van der Waals surface area contributed by atoms with Crippen LogP contribution in [0.2, 0.25) is 0 Å². The van der Waals surface area contributed by atoms with Crippen LogP contribution in [0.1, 0.15) is 59.3 Å². The Morgan fingerprint density at radius 1 is 1.12 bits per heavy atom. The molecule has 0 bridgehead atoms. The molecule has 4 heteroatoms. The van der Waals surface area contributed by atoms with Gasteiger partial charge in [-0.25, -0.2) is 0 Å². The first-order chi connectivity index (χ1) is 11.7. The number of hydrogen-bond donors (Lipinski definition) is 3. The van der Waals surface area contributed by atoms with Crippen molar-refractivity contribution in [3.05, 3.63) is 11.6 Å². The van der Waals surface area contributed by atoms with Crippen molar-refractivity contribution in [2.75, 3.05) is 0 Å². The van der Waals surface area contributed by atoms with Gasteiger partial charge in [0, 0.05) is 11.8 Å². The highest BCUT2D eigenvalue weighted by Crippen LogP contribution is 2.65. The quantitative estimate of drug-likeness (QED) is 0.636. The van der Waals surface area contributed by atoms with Crippen LogP contribution in [0.4, 0.5) is 0 Å². The number of fused-ring (bicyclic) bond motifs is 5. The predicted octanol–water partition coefficient (Wildman–Crippen LogP) is 2.46. The van der Waals surface area contributed by atoms with Crippen molar-refractivity contribution in [3.63, 3.8) is 0 Å². The van der Waals surface area contributed by atoms with Gasteiger partial charge in [-0.1, -0.05) is 25.5 Å². The van der Waals surface area contributed by atoms with Gasteiger partial charge in [0.1, 0.15) is 5.78 Å². The van der Waals surface area contributed by atoms with Crippen molar-refractivity contribution in [1.29, 1.82) is 0 Å². The van der Waals surface area contributed by atoms with Crippen LogP contribution in [0.25, 0.3) is 0 Å². The Balaban J connectivity index is 1.77. The Kier molecular flexibility index (Phi) is 3.99. The molecule has 0 saturated heterocycles. The zero-order chi connectivity index (χ0) is 18.1. The Morgan fingerprint density at radius 2 is 1.84 bits per heavy atom. The highest BCUT2D eigenvalue weighted by atomic mass is 16.3. The summed E-state index contributed by atoms with van der Waals surface area (Å²) in [6.07, 6.45) is 5.36. The van der Waals surface area contributed by atoms with E-state index in [2.05, 4.69) is 13.8 Å². The summed E-state index contributed by atoms with van der Waals surface area (Å²) in [6.45, 7) is 6.05. The van der Waals surface area contributed by atoms with E-state index in [4.69, 9.17) is 0 Å². The summed E-state index contributed by atoms with van der Waals surface area (Å²) in [5, 5.41) is 32.1. The fraction of sp³-hybridized carbons (Fsp3) is 0.857. The van der Waals surface area contributed by atoms with E-state index in [9.17, 15) is 20.1 Å². The highest BCUT2D eigenvalue weighted by molar-refractivity contribution is 5.79. The Hall–Kier alpha value is -0.710. The molecule has 0 aliphatic heterocycles. The van der Waals surface area contributed by atoms with E-state index in [1.165, 1.54) is 5.57 Å². The number of carbonyl (C=O) groups excluding carboxylic acids is 1. The number of Topliss-reactive ketones (excluding diaryl/α,β-unsaturated/α-hetero) is 1. The maximum atomic E-state index is 12.2. The van der Waals surface area contributed by atoms with Gasteiger partial charge in [0.15, 0.2) is 0 Å². The average molecular weight is 348 g/mol. The molecule has 0 radical (unpaired) electrons. The van der Waals surface area contributed by atoms with E-state index < -0.39 is 12.2 Å². The molecule has 3 saturated carbocycles. The molecule has 4 aliphatic rings. The van der Waals surface area contributed by atoms with E-state index in [0.29, 0.717) is 12.8 Å². The van der Waals surface area contributed by atoms with E-state index >= 15 is 0 Å². The molecule has 4 aliphatic carbocycles. The van der Waals surface area contributed by atoms with Crippen LogP contribution in [0.5, 0.6) is 0 Å². The van der Waals surface area contributed by atoms with Gasteiger partial charge in [-0.15, -0.1) is 0 Å². The van der Waals surface area contributed by atoms with Gasteiger partial charge in [0.25, 0.3) is 0 Å². The molecule has 3 fully saturated rings. The fourth-order valence-corrected chi connectivity index (χ4v) is 7.35. The summed E-state index contributed by atoms with van der Waals surface area (Å²) in [6, 6.07) is 0. The fourth-order valence-electron chi connectivity index (χ4n) is 7.35. The number of aliphatic hydroxyl groups is 3. The normalized spacial score (nSPS) is 55.0. The van der Waals surface area contributed by atoms with E-state index in [-0.39, 0.29) is 46.4 Å². The largest absolute Gasteiger partial charge is 0.393 e. The summed E-state index contributed by atoms with van der Waals surface area (Å²) >= 11 is 0. The first-order valence-electron chi connectivity index (χ1n) is 9.94. The minimum Gasteiger partial charge on any atom is -0.393 e. The third-order valence-electron chi connectivity index (χ3n) is 8.50. The molecule has 0 spiro atoms.